The Hall–Kier alpha value is -1.17. The van der Waals surface area contributed by atoms with E-state index in [4.69, 9.17) is 0 Å². The summed E-state index contributed by atoms with van der Waals surface area (Å²) < 4.78 is 0. The Balaban J connectivity index is 2.85. The van der Waals surface area contributed by atoms with E-state index in [1.54, 1.807) is 18.2 Å². The minimum absolute atomic E-state index is 0.0999. The molecule has 0 saturated heterocycles. The Bertz CT molecular complexity index is 445. The van der Waals surface area contributed by atoms with Gasteiger partial charge in [0.15, 0.2) is 5.12 Å². The monoisotopic (exact) mass is 268 g/mol. The first-order chi connectivity index (χ1) is 8.45. The van der Waals surface area contributed by atoms with Crippen LogP contribution >= 0.6 is 11.8 Å². The molecule has 0 aliphatic rings. The highest BCUT2D eigenvalue weighted by atomic mass is 32.2. The number of aliphatic hydroxyl groups excluding tert-OH is 2. The van der Waals surface area contributed by atoms with Crippen LogP contribution in [0.15, 0.2) is 18.2 Å². The van der Waals surface area contributed by atoms with E-state index >= 15 is 0 Å². The van der Waals surface area contributed by atoms with Crippen LogP contribution in [0, 0.1) is 6.92 Å². The van der Waals surface area contributed by atoms with Crippen molar-refractivity contribution in [2.24, 2.45) is 0 Å². The van der Waals surface area contributed by atoms with Gasteiger partial charge in [0, 0.05) is 18.2 Å². The molecule has 2 atom stereocenters. The maximum atomic E-state index is 10.9. The molecule has 98 valence electrons. The standard InChI is InChI=1S/C13H16O4S/c1-8-3-4-11(10(5-8)6-14)13(17)12(16)7-18-9(2)15/h3-6,12-13,16-17H,7H2,1-2H3. The Morgan fingerprint density at radius 3 is 2.67 bits per heavy atom. The third-order valence-corrected chi connectivity index (χ3v) is 3.42. The predicted octanol–water partition coefficient (Wildman–Crippen LogP) is 1.48. The lowest BCUT2D eigenvalue weighted by Gasteiger charge is -2.19. The summed E-state index contributed by atoms with van der Waals surface area (Å²) in [7, 11) is 0. The van der Waals surface area contributed by atoms with Gasteiger partial charge in [-0.05, 0) is 18.6 Å². The zero-order chi connectivity index (χ0) is 13.7. The number of benzene rings is 1. The lowest BCUT2D eigenvalue weighted by Crippen LogP contribution is -2.22. The van der Waals surface area contributed by atoms with E-state index < -0.39 is 12.2 Å². The molecule has 0 bridgehead atoms. The summed E-state index contributed by atoms with van der Waals surface area (Å²) >= 11 is 0.942. The van der Waals surface area contributed by atoms with Crippen molar-refractivity contribution in [1.29, 1.82) is 0 Å². The van der Waals surface area contributed by atoms with Gasteiger partial charge in [0.1, 0.15) is 12.4 Å². The highest BCUT2D eigenvalue weighted by molar-refractivity contribution is 8.13. The van der Waals surface area contributed by atoms with Gasteiger partial charge in [0.2, 0.25) is 0 Å². The van der Waals surface area contributed by atoms with Gasteiger partial charge in [-0.15, -0.1) is 0 Å². The van der Waals surface area contributed by atoms with E-state index in [9.17, 15) is 19.8 Å². The zero-order valence-electron chi connectivity index (χ0n) is 10.3. The fourth-order valence-corrected chi connectivity index (χ4v) is 2.15. The average Bonchev–Trinajstić information content (AvgIpc) is 2.34. The second kappa shape index (κ2) is 6.68. The molecule has 4 nitrogen and oxygen atoms in total. The van der Waals surface area contributed by atoms with Crippen LogP contribution in [0.4, 0.5) is 0 Å². The van der Waals surface area contributed by atoms with Crippen molar-refractivity contribution in [3.8, 4) is 0 Å². The van der Waals surface area contributed by atoms with Crippen LogP contribution < -0.4 is 0 Å². The molecule has 0 amide bonds. The zero-order valence-corrected chi connectivity index (χ0v) is 11.1. The highest BCUT2D eigenvalue weighted by Crippen LogP contribution is 2.23. The number of carbonyl (C=O) groups excluding carboxylic acids is 2. The molecule has 2 unspecified atom stereocenters. The number of aliphatic hydroxyl groups is 2. The summed E-state index contributed by atoms with van der Waals surface area (Å²) in [5.74, 6) is 0.0999. The van der Waals surface area contributed by atoms with Crippen molar-refractivity contribution >= 4 is 23.2 Å². The van der Waals surface area contributed by atoms with Crippen LogP contribution in [0.2, 0.25) is 0 Å². The molecule has 2 N–H and O–H groups in total. The topological polar surface area (TPSA) is 74.6 Å². The molecule has 18 heavy (non-hydrogen) atoms. The molecular formula is C13H16O4S. The maximum Gasteiger partial charge on any atom is 0.185 e. The molecule has 0 aliphatic heterocycles. The molecule has 0 aliphatic carbocycles. The molecule has 0 saturated carbocycles. The van der Waals surface area contributed by atoms with Crippen molar-refractivity contribution in [3.63, 3.8) is 0 Å². The number of thioether (sulfide) groups is 1. The van der Waals surface area contributed by atoms with Crippen LogP contribution in [-0.2, 0) is 4.79 Å². The summed E-state index contributed by atoms with van der Waals surface area (Å²) in [6.07, 6.45) is -1.60. The smallest absolute Gasteiger partial charge is 0.185 e. The number of hydrogen-bond donors (Lipinski definition) is 2. The van der Waals surface area contributed by atoms with Crippen LogP contribution in [0.1, 0.15) is 34.5 Å². The van der Waals surface area contributed by atoms with E-state index in [1.807, 2.05) is 6.92 Å². The van der Waals surface area contributed by atoms with Gasteiger partial charge >= 0.3 is 0 Å². The van der Waals surface area contributed by atoms with E-state index in [2.05, 4.69) is 0 Å². The average molecular weight is 268 g/mol. The number of hydrogen-bond acceptors (Lipinski definition) is 5. The number of rotatable bonds is 5. The second-order valence-corrected chi connectivity index (χ2v) is 5.26. The largest absolute Gasteiger partial charge is 0.389 e. The molecule has 1 aromatic rings. The molecule has 1 rings (SSSR count). The fraction of sp³-hybridized carbons (Fsp3) is 0.385. The predicted molar refractivity (Wildman–Crippen MR) is 70.7 cm³/mol. The highest BCUT2D eigenvalue weighted by Gasteiger charge is 2.21. The molecule has 0 fully saturated rings. The Morgan fingerprint density at radius 2 is 2.11 bits per heavy atom. The maximum absolute atomic E-state index is 10.9. The van der Waals surface area contributed by atoms with Crippen molar-refractivity contribution in [2.75, 3.05) is 5.75 Å². The van der Waals surface area contributed by atoms with Gasteiger partial charge in [-0.3, -0.25) is 9.59 Å². The third-order valence-electron chi connectivity index (χ3n) is 2.51. The molecule has 0 heterocycles. The van der Waals surface area contributed by atoms with Crippen molar-refractivity contribution < 1.29 is 19.8 Å². The van der Waals surface area contributed by atoms with E-state index in [-0.39, 0.29) is 10.9 Å². The lowest BCUT2D eigenvalue weighted by atomic mass is 9.98. The summed E-state index contributed by atoms with van der Waals surface area (Å²) in [5.41, 5.74) is 1.64. The van der Waals surface area contributed by atoms with Crippen LogP contribution in [0.3, 0.4) is 0 Å². The molecule has 0 aromatic heterocycles. The second-order valence-electron chi connectivity index (χ2n) is 4.06. The van der Waals surface area contributed by atoms with E-state index in [1.165, 1.54) is 6.92 Å². The first kappa shape index (κ1) is 14.9. The van der Waals surface area contributed by atoms with Gasteiger partial charge in [-0.1, -0.05) is 29.5 Å². The Kier molecular flexibility index (Phi) is 5.53. The molecule has 0 radical (unpaired) electrons. The molecular weight excluding hydrogens is 252 g/mol. The van der Waals surface area contributed by atoms with Gasteiger partial charge in [-0.2, -0.15) is 0 Å². The normalized spacial score (nSPS) is 14.0. The van der Waals surface area contributed by atoms with Crippen molar-refractivity contribution in [1.82, 2.24) is 0 Å². The molecule has 1 aromatic carbocycles. The van der Waals surface area contributed by atoms with E-state index in [0.29, 0.717) is 17.4 Å². The van der Waals surface area contributed by atoms with Crippen LogP contribution in [0.5, 0.6) is 0 Å². The summed E-state index contributed by atoms with van der Waals surface area (Å²) in [5, 5.41) is 19.6. The van der Waals surface area contributed by atoms with Crippen molar-refractivity contribution in [3.05, 3.63) is 34.9 Å². The third kappa shape index (κ3) is 3.94. The van der Waals surface area contributed by atoms with Crippen LogP contribution in [-0.4, -0.2) is 33.5 Å². The quantitative estimate of drug-likeness (QED) is 0.791. The summed E-state index contributed by atoms with van der Waals surface area (Å²) in [4.78, 5) is 21.7. The van der Waals surface area contributed by atoms with E-state index in [0.717, 1.165) is 17.3 Å². The lowest BCUT2D eigenvalue weighted by molar-refractivity contribution is -0.109. The number of carbonyl (C=O) groups is 2. The first-order valence-corrected chi connectivity index (χ1v) is 6.49. The minimum atomic E-state index is -1.17. The summed E-state index contributed by atoms with van der Waals surface area (Å²) in [6, 6.07) is 5.03. The Morgan fingerprint density at radius 1 is 1.44 bits per heavy atom. The summed E-state index contributed by atoms with van der Waals surface area (Å²) in [6.45, 7) is 3.23. The van der Waals surface area contributed by atoms with Gasteiger partial charge in [0.05, 0.1) is 6.10 Å². The first-order valence-electron chi connectivity index (χ1n) is 5.51. The minimum Gasteiger partial charge on any atom is -0.389 e. The Labute approximate surface area is 110 Å². The SMILES string of the molecule is CC(=O)SCC(O)C(O)c1ccc(C)cc1C=O. The number of aldehydes is 1. The van der Waals surface area contributed by atoms with Gasteiger partial charge in [-0.25, -0.2) is 0 Å². The number of aryl methyl sites for hydroxylation is 1. The van der Waals surface area contributed by atoms with Gasteiger partial charge < -0.3 is 10.2 Å². The fourth-order valence-electron chi connectivity index (χ4n) is 1.57. The van der Waals surface area contributed by atoms with Crippen LogP contribution in [0.25, 0.3) is 0 Å². The molecule has 5 heteroatoms. The molecule has 0 spiro atoms. The van der Waals surface area contributed by atoms with Crippen molar-refractivity contribution in [2.45, 2.75) is 26.1 Å². The van der Waals surface area contributed by atoms with Gasteiger partial charge in [0.25, 0.3) is 0 Å².